The second-order valence-electron chi connectivity index (χ2n) is 7.49. The molecule has 2 aromatic heterocycles. The maximum absolute atomic E-state index is 13.9. The summed E-state index contributed by atoms with van der Waals surface area (Å²) in [6, 6.07) is 12.5. The van der Waals surface area contributed by atoms with Crippen molar-refractivity contribution in [3.05, 3.63) is 100 Å². The summed E-state index contributed by atoms with van der Waals surface area (Å²) in [4.78, 5) is 39.0. The summed E-state index contributed by atoms with van der Waals surface area (Å²) in [7, 11) is 0. The molecule has 2 heterocycles. The summed E-state index contributed by atoms with van der Waals surface area (Å²) in [6.45, 7) is 1.83. The molecule has 0 radical (unpaired) electrons. The molecule has 1 aliphatic rings. The van der Waals surface area contributed by atoms with Crippen LogP contribution in [0.1, 0.15) is 34.8 Å². The Kier molecular flexibility index (Phi) is 4.82. The number of nitrogens with zero attached hydrogens (tertiary/aromatic N) is 4. The first-order valence-corrected chi connectivity index (χ1v) is 10.1. The first kappa shape index (κ1) is 19.7. The third-order valence-electron chi connectivity index (χ3n) is 5.36. The van der Waals surface area contributed by atoms with E-state index in [9.17, 15) is 14.0 Å². The van der Waals surface area contributed by atoms with Gasteiger partial charge in [-0.1, -0.05) is 24.3 Å². The number of para-hydroxylation sites is 1. The summed E-state index contributed by atoms with van der Waals surface area (Å²) in [5.74, 6) is 0.106. The molecule has 7 nitrogen and oxygen atoms in total. The number of carbonyl (C=O) groups excluding carboxylic acids is 1. The molecular formula is C24H18FN5O2. The fourth-order valence-electron chi connectivity index (χ4n) is 3.87. The maximum Gasteiger partial charge on any atom is 0.266 e. The van der Waals surface area contributed by atoms with Crippen molar-refractivity contribution in [1.82, 2.24) is 19.5 Å². The number of allylic oxidation sites excluding steroid dienone is 2. The number of anilines is 1. The van der Waals surface area contributed by atoms with Crippen LogP contribution in [0.3, 0.4) is 0 Å². The number of fused-ring (bicyclic) bond motifs is 2. The Hall–Kier alpha value is -4.20. The predicted octanol–water partition coefficient (Wildman–Crippen LogP) is 3.78. The minimum atomic E-state index is -0.505. The Morgan fingerprint density at radius 1 is 1.09 bits per heavy atom. The zero-order valence-electron chi connectivity index (χ0n) is 17.1. The van der Waals surface area contributed by atoms with E-state index in [4.69, 9.17) is 0 Å². The van der Waals surface area contributed by atoms with Gasteiger partial charge >= 0.3 is 0 Å². The van der Waals surface area contributed by atoms with Crippen LogP contribution in [-0.4, -0.2) is 25.3 Å². The van der Waals surface area contributed by atoms with E-state index < -0.39 is 11.9 Å². The van der Waals surface area contributed by atoms with Gasteiger partial charge in [-0.05, 0) is 43.3 Å². The molecule has 2 aromatic carbocycles. The van der Waals surface area contributed by atoms with Crippen LogP contribution in [0.25, 0.3) is 16.6 Å². The zero-order chi connectivity index (χ0) is 22.2. The maximum atomic E-state index is 13.9. The molecule has 158 valence electrons. The van der Waals surface area contributed by atoms with Gasteiger partial charge in [0.1, 0.15) is 23.8 Å². The van der Waals surface area contributed by atoms with E-state index >= 15 is 0 Å². The molecule has 0 aliphatic heterocycles. The van der Waals surface area contributed by atoms with Gasteiger partial charge in [-0.3, -0.25) is 14.2 Å². The monoisotopic (exact) mass is 427 g/mol. The van der Waals surface area contributed by atoms with Gasteiger partial charge in [0.2, 0.25) is 0 Å². The number of hydrogen-bond acceptors (Lipinski definition) is 6. The molecule has 0 saturated heterocycles. The Morgan fingerprint density at radius 3 is 2.72 bits per heavy atom. The number of rotatable bonds is 4. The molecule has 0 spiro atoms. The topological polar surface area (TPSA) is 89.8 Å². The van der Waals surface area contributed by atoms with Gasteiger partial charge in [0.05, 0.1) is 33.9 Å². The average molecular weight is 427 g/mol. The van der Waals surface area contributed by atoms with E-state index in [-0.39, 0.29) is 16.7 Å². The number of hydrogen-bond donors (Lipinski definition) is 1. The summed E-state index contributed by atoms with van der Waals surface area (Å²) in [5, 5.41) is 3.41. The second kappa shape index (κ2) is 7.81. The highest BCUT2D eigenvalue weighted by Crippen LogP contribution is 2.26. The quantitative estimate of drug-likeness (QED) is 0.533. The molecule has 0 amide bonds. The highest BCUT2D eigenvalue weighted by molar-refractivity contribution is 6.09. The third kappa shape index (κ3) is 3.35. The van der Waals surface area contributed by atoms with Crippen molar-refractivity contribution in [2.45, 2.75) is 19.4 Å². The number of halogens is 1. The Morgan fingerprint density at radius 2 is 1.91 bits per heavy atom. The number of carbonyl (C=O) groups is 1. The minimum Gasteiger partial charge on any atom is -0.360 e. The van der Waals surface area contributed by atoms with Crippen molar-refractivity contribution < 1.29 is 9.18 Å². The van der Waals surface area contributed by atoms with E-state index in [1.807, 2.05) is 25.1 Å². The fraction of sp³-hybridized carbons (Fsp3) is 0.125. The van der Waals surface area contributed by atoms with E-state index in [2.05, 4.69) is 20.3 Å². The number of benzene rings is 2. The van der Waals surface area contributed by atoms with Crippen LogP contribution in [0.4, 0.5) is 10.2 Å². The number of aromatic nitrogens is 4. The lowest BCUT2D eigenvalue weighted by Gasteiger charge is -2.22. The Labute approximate surface area is 182 Å². The molecule has 8 heteroatoms. The molecule has 4 aromatic rings. The van der Waals surface area contributed by atoms with Crippen LogP contribution in [0, 0.1) is 5.82 Å². The van der Waals surface area contributed by atoms with Gasteiger partial charge in [-0.25, -0.2) is 19.3 Å². The van der Waals surface area contributed by atoms with Crippen LogP contribution in [0.5, 0.6) is 0 Å². The molecule has 0 fully saturated rings. The first-order valence-electron chi connectivity index (χ1n) is 10.1. The predicted molar refractivity (Wildman–Crippen MR) is 119 cm³/mol. The highest BCUT2D eigenvalue weighted by atomic mass is 19.1. The third-order valence-corrected chi connectivity index (χ3v) is 5.36. The first-order chi connectivity index (χ1) is 15.5. The molecule has 32 heavy (non-hydrogen) atoms. The average Bonchev–Trinajstić information content (AvgIpc) is 2.80. The van der Waals surface area contributed by atoms with Crippen molar-refractivity contribution >= 4 is 22.5 Å². The molecule has 0 bridgehead atoms. The largest absolute Gasteiger partial charge is 0.360 e. The number of ketones is 1. The van der Waals surface area contributed by atoms with Crippen molar-refractivity contribution in [2.75, 3.05) is 5.32 Å². The van der Waals surface area contributed by atoms with Crippen molar-refractivity contribution in [3.8, 4) is 5.69 Å². The number of nitrogens with one attached hydrogen (secondary N) is 1. The van der Waals surface area contributed by atoms with Crippen LogP contribution < -0.4 is 10.9 Å². The van der Waals surface area contributed by atoms with E-state index in [0.29, 0.717) is 40.5 Å². The van der Waals surface area contributed by atoms with Gasteiger partial charge < -0.3 is 5.32 Å². The van der Waals surface area contributed by atoms with Gasteiger partial charge in [-0.2, -0.15) is 0 Å². The van der Waals surface area contributed by atoms with Crippen molar-refractivity contribution in [1.29, 1.82) is 0 Å². The fourth-order valence-corrected chi connectivity index (χ4v) is 3.87. The molecular weight excluding hydrogens is 409 g/mol. The summed E-state index contributed by atoms with van der Waals surface area (Å²) < 4.78 is 15.3. The Bertz CT molecular complexity index is 1450. The van der Waals surface area contributed by atoms with E-state index in [1.54, 1.807) is 18.2 Å². The van der Waals surface area contributed by atoms with Crippen LogP contribution in [0.2, 0.25) is 0 Å². The lowest BCUT2D eigenvalue weighted by Crippen LogP contribution is -2.28. The molecule has 1 N–H and O–H groups in total. The summed E-state index contributed by atoms with van der Waals surface area (Å²) in [6.07, 6.45) is 5.22. The lowest BCUT2D eigenvalue weighted by molar-refractivity contribution is 0.104. The van der Waals surface area contributed by atoms with Crippen molar-refractivity contribution in [2.24, 2.45) is 0 Å². The van der Waals surface area contributed by atoms with Gasteiger partial charge in [-0.15, -0.1) is 0 Å². The van der Waals surface area contributed by atoms with Gasteiger partial charge in [0.15, 0.2) is 5.78 Å². The SMILES string of the molecule is C[C@H](Nc1ncnc2c1C(=O)C=CC2)c1nc2ccc(F)cc2c(=O)n1-c1ccccc1. The summed E-state index contributed by atoms with van der Waals surface area (Å²) >= 11 is 0. The van der Waals surface area contributed by atoms with Crippen LogP contribution >= 0.6 is 0 Å². The van der Waals surface area contributed by atoms with E-state index in [1.165, 1.54) is 35.2 Å². The zero-order valence-corrected chi connectivity index (χ0v) is 17.1. The minimum absolute atomic E-state index is 0.177. The van der Waals surface area contributed by atoms with Crippen LogP contribution in [-0.2, 0) is 6.42 Å². The van der Waals surface area contributed by atoms with Gasteiger partial charge in [0, 0.05) is 6.42 Å². The van der Waals surface area contributed by atoms with E-state index in [0.717, 1.165) is 0 Å². The lowest BCUT2D eigenvalue weighted by atomic mass is 10.0. The molecule has 0 saturated carbocycles. The molecule has 5 rings (SSSR count). The molecule has 0 unspecified atom stereocenters. The second-order valence-corrected chi connectivity index (χ2v) is 7.49. The van der Waals surface area contributed by atoms with Gasteiger partial charge in [0.25, 0.3) is 5.56 Å². The molecule has 1 aliphatic carbocycles. The molecule has 1 atom stereocenters. The standard InChI is InChI=1S/C24H18FN5O2/c1-14(28-22-21-19(26-13-27-22)8-5-9-20(21)31)23-29-18-11-10-15(25)12-17(18)24(32)30(23)16-6-3-2-4-7-16/h2-7,9-14H,8H2,1H3,(H,26,27,28)/t14-/m0/s1. The summed E-state index contributed by atoms with van der Waals surface area (Å²) in [5.41, 5.74) is 1.66. The van der Waals surface area contributed by atoms with Crippen molar-refractivity contribution in [3.63, 3.8) is 0 Å². The van der Waals surface area contributed by atoms with Crippen LogP contribution in [0.15, 0.2) is 71.8 Å². The smallest absolute Gasteiger partial charge is 0.266 e. The normalized spacial score (nSPS) is 13.8. The Balaban J connectivity index is 1.67. The highest BCUT2D eigenvalue weighted by Gasteiger charge is 2.23.